The Morgan fingerprint density at radius 3 is 2.29 bits per heavy atom. The molecule has 0 atom stereocenters. The first kappa shape index (κ1) is 15.0. The molecule has 2 amide bonds. The van der Waals surface area contributed by atoms with Gasteiger partial charge in [0.25, 0.3) is 5.91 Å². The van der Waals surface area contributed by atoms with Gasteiger partial charge in [0.2, 0.25) is 0 Å². The van der Waals surface area contributed by atoms with Crippen molar-refractivity contribution in [2.24, 2.45) is 0 Å². The molecule has 0 saturated carbocycles. The summed E-state index contributed by atoms with van der Waals surface area (Å²) in [7, 11) is 1.26. The molecule has 1 aliphatic heterocycles. The van der Waals surface area contributed by atoms with Gasteiger partial charge in [-0.2, -0.15) is 0 Å². The van der Waals surface area contributed by atoms with Gasteiger partial charge in [-0.25, -0.2) is 13.6 Å². The Labute approximate surface area is 120 Å². The Morgan fingerprint density at radius 2 is 1.71 bits per heavy atom. The number of anilines is 1. The highest BCUT2D eigenvalue weighted by atomic mass is 19.1. The standard InChI is InChI=1S/C13H15F2N3O3/c1-21-13(20)18-6-4-17(5-7-18)12(19)10-8(14)2-3-9(16)11(10)15/h2-3H,4-7,16H2,1H3. The number of methoxy groups -OCH3 is 1. The van der Waals surface area contributed by atoms with Gasteiger partial charge >= 0.3 is 6.09 Å². The van der Waals surface area contributed by atoms with E-state index in [1.54, 1.807) is 0 Å². The van der Waals surface area contributed by atoms with E-state index in [1.807, 2.05) is 0 Å². The zero-order chi connectivity index (χ0) is 15.6. The number of rotatable bonds is 1. The Bertz CT molecular complexity index is 572. The van der Waals surface area contributed by atoms with E-state index < -0.39 is 29.2 Å². The van der Waals surface area contributed by atoms with Crippen molar-refractivity contribution >= 4 is 17.7 Å². The first-order valence-corrected chi connectivity index (χ1v) is 6.31. The van der Waals surface area contributed by atoms with Crippen LogP contribution < -0.4 is 5.73 Å². The summed E-state index contributed by atoms with van der Waals surface area (Å²) in [6.45, 7) is 0.817. The summed E-state index contributed by atoms with van der Waals surface area (Å²) < 4.78 is 32.1. The second kappa shape index (κ2) is 5.94. The molecule has 114 valence electrons. The molecule has 1 fully saturated rings. The minimum Gasteiger partial charge on any atom is -0.453 e. The molecule has 1 aromatic carbocycles. The van der Waals surface area contributed by atoms with Crippen LogP contribution in [0.25, 0.3) is 0 Å². The maximum absolute atomic E-state index is 13.8. The molecule has 6 nitrogen and oxygen atoms in total. The number of nitrogen functional groups attached to an aromatic ring is 1. The number of nitrogens with zero attached hydrogens (tertiary/aromatic N) is 2. The van der Waals surface area contributed by atoms with Crippen molar-refractivity contribution in [1.29, 1.82) is 0 Å². The van der Waals surface area contributed by atoms with Crippen LogP contribution in [0.15, 0.2) is 12.1 Å². The fourth-order valence-corrected chi connectivity index (χ4v) is 2.14. The maximum Gasteiger partial charge on any atom is 0.409 e. The van der Waals surface area contributed by atoms with Gasteiger partial charge in [0.05, 0.1) is 12.8 Å². The van der Waals surface area contributed by atoms with Crippen LogP contribution in [-0.2, 0) is 4.74 Å². The SMILES string of the molecule is COC(=O)N1CCN(C(=O)c2c(F)ccc(N)c2F)CC1. The Balaban J connectivity index is 2.13. The topological polar surface area (TPSA) is 75.9 Å². The van der Waals surface area contributed by atoms with E-state index >= 15 is 0 Å². The molecule has 0 spiro atoms. The monoisotopic (exact) mass is 299 g/mol. The van der Waals surface area contributed by atoms with Crippen LogP contribution in [0.4, 0.5) is 19.3 Å². The van der Waals surface area contributed by atoms with Gasteiger partial charge in [0, 0.05) is 26.2 Å². The average Bonchev–Trinajstić information content (AvgIpc) is 2.50. The molecule has 0 aliphatic carbocycles. The van der Waals surface area contributed by atoms with E-state index in [4.69, 9.17) is 5.73 Å². The number of amides is 2. The van der Waals surface area contributed by atoms with Crippen LogP contribution in [0.3, 0.4) is 0 Å². The van der Waals surface area contributed by atoms with Crippen molar-refractivity contribution < 1.29 is 23.1 Å². The summed E-state index contributed by atoms with van der Waals surface area (Å²) in [6, 6.07) is 2.02. The van der Waals surface area contributed by atoms with Gasteiger partial charge in [0.15, 0.2) is 5.82 Å². The summed E-state index contributed by atoms with van der Waals surface area (Å²) in [5.74, 6) is -2.79. The first-order chi connectivity index (χ1) is 9.95. The van der Waals surface area contributed by atoms with Crippen molar-refractivity contribution in [1.82, 2.24) is 9.80 Å². The Kier molecular flexibility index (Phi) is 4.25. The number of halogens is 2. The zero-order valence-corrected chi connectivity index (χ0v) is 11.4. The molecule has 21 heavy (non-hydrogen) atoms. The van der Waals surface area contributed by atoms with Crippen molar-refractivity contribution in [3.05, 3.63) is 29.3 Å². The molecule has 1 heterocycles. The molecule has 8 heteroatoms. The molecule has 0 radical (unpaired) electrons. The van der Waals surface area contributed by atoms with E-state index in [2.05, 4.69) is 4.74 Å². The first-order valence-electron chi connectivity index (χ1n) is 6.31. The molecule has 2 N–H and O–H groups in total. The highest BCUT2D eigenvalue weighted by molar-refractivity contribution is 5.95. The fraction of sp³-hybridized carbons (Fsp3) is 0.385. The van der Waals surface area contributed by atoms with E-state index in [0.29, 0.717) is 0 Å². The zero-order valence-electron chi connectivity index (χ0n) is 11.4. The van der Waals surface area contributed by atoms with Crippen molar-refractivity contribution in [2.75, 3.05) is 39.0 Å². The van der Waals surface area contributed by atoms with Crippen LogP contribution >= 0.6 is 0 Å². The van der Waals surface area contributed by atoms with E-state index in [9.17, 15) is 18.4 Å². The summed E-state index contributed by atoms with van der Waals surface area (Å²) in [4.78, 5) is 26.2. The second-order valence-electron chi connectivity index (χ2n) is 4.57. The van der Waals surface area contributed by atoms with Gasteiger partial charge in [-0.15, -0.1) is 0 Å². The quantitative estimate of drug-likeness (QED) is 0.787. The summed E-state index contributed by atoms with van der Waals surface area (Å²) in [5, 5.41) is 0. The van der Waals surface area contributed by atoms with Crippen LogP contribution in [-0.4, -0.2) is 55.1 Å². The van der Waals surface area contributed by atoms with E-state index in [1.165, 1.54) is 16.9 Å². The number of benzene rings is 1. The van der Waals surface area contributed by atoms with Gasteiger partial charge in [-0.05, 0) is 12.1 Å². The summed E-state index contributed by atoms with van der Waals surface area (Å²) >= 11 is 0. The number of carbonyl (C=O) groups excluding carboxylic acids is 2. The normalized spacial score (nSPS) is 15.0. The smallest absolute Gasteiger partial charge is 0.409 e. The largest absolute Gasteiger partial charge is 0.453 e. The van der Waals surface area contributed by atoms with Gasteiger partial charge in [0.1, 0.15) is 11.4 Å². The molecule has 1 saturated heterocycles. The Morgan fingerprint density at radius 1 is 1.14 bits per heavy atom. The lowest BCUT2D eigenvalue weighted by atomic mass is 10.1. The van der Waals surface area contributed by atoms with Crippen molar-refractivity contribution in [3.63, 3.8) is 0 Å². The van der Waals surface area contributed by atoms with E-state index in [0.717, 1.165) is 12.1 Å². The van der Waals surface area contributed by atoms with Crippen LogP contribution in [0.5, 0.6) is 0 Å². The van der Waals surface area contributed by atoms with Crippen molar-refractivity contribution in [2.45, 2.75) is 0 Å². The average molecular weight is 299 g/mol. The fourth-order valence-electron chi connectivity index (χ4n) is 2.14. The lowest BCUT2D eigenvalue weighted by Gasteiger charge is -2.34. The number of ether oxygens (including phenoxy) is 1. The number of nitrogens with two attached hydrogens (primary N) is 1. The van der Waals surface area contributed by atoms with Gasteiger partial charge in [-0.3, -0.25) is 4.79 Å². The minimum absolute atomic E-state index is 0.168. The third-order valence-corrected chi connectivity index (χ3v) is 3.33. The molecule has 1 aliphatic rings. The molecule has 1 aromatic rings. The molecular formula is C13H15F2N3O3. The summed E-state index contributed by atoms with van der Waals surface area (Å²) in [5.41, 5.74) is 4.41. The Hall–Kier alpha value is -2.38. The van der Waals surface area contributed by atoms with Gasteiger partial charge < -0.3 is 20.3 Å². The molecule has 0 bridgehead atoms. The second-order valence-corrected chi connectivity index (χ2v) is 4.57. The van der Waals surface area contributed by atoms with Crippen molar-refractivity contribution in [3.8, 4) is 0 Å². The number of piperazine rings is 1. The minimum atomic E-state index is -1.06. The highest BCUT2D eigenvalue weighted by Gasteiger charge is 2.29. The number of carbonyl (C=O) groups is 2. The predicted octanol–water partition coefficient (Wildman–Crippen LogP) is 1.07. The molecule has 0 unspecified atom stereocenters. The third-order valence-electron chi connectivity index (χ3n) is 3.33. The molecule has 2 rings (SSSR count). The highest BCUT2D eigenvalue weighted by Crippen LogP contribution is 2.21. The predicted molar refractivity (Wildman–Crippen MR) is 70.7 cm³/mol. The van der Waals surface area contributed by atoms with Gasteiger partial charge in [-0.1, -0.05) is 0 Å². The molecule has 0 aromatic heterocycles. The van der Waals surface area contributed by atoms with E-state index in [-0.39, 0.29) is 31.9 Å². The number of hydrogen-bond acceptors (Lipinski definition) is 4. The lowest BCUT2D eigenvalue weighted by molar-refractivity contribution is 0.0591. The van der Waals surface area contributed by atoms with Crippen LogP contribution in [0.1, 0.15) is 10.4 Å². The van der Waals surface area contributed by atoms with Crippen LogP contribution in [0, 0.1) is 11.6 Å². The van der Waals surface area contributed by atoms with Crippen LogP contribution in [0.2, 0.25) is 0 Å². The lowest BCUT2D eigenvalue weighted by Crippen LogP contribution is -2.50. The maximum atomic E-state index is 13.8. The number of hydrogen-bond donors (Lipinski definition) is 1. The molecular weight excluding hydrogens is 284 g/mol. The third kappa shape index (κ3) is 2.88. The summed E-state index contributed by atoms with van der Waals surface area (Å²) in [6.07, 6.45) is -0.497.